The van der Waals surface area contributed by atoms with Gasteiger partial charge in [-0.1, -0.05) is 24.3 Å². The van der Waals surface area contributed by atoms with Crippen molar-refractivity contribution in [2.45, 2.75) is 19.5 Å². The first kappa shape index (κ1) is 11.7. The van der Waals surface area contributed by atoms with Crippen LogP contribution in [-0.4, -0.2) is 12.5 Å². The molecular weight excluding hydrogens is 248 g/mol. The Morgan fingerprint density at radius 3 is 2.80 bits per heavy atom. The Kier molecular flexibility index (Phi) is 2.60. The normalized spacial score (nSPS) is 16.1. The number of hydrogen-bond acceptors (Lipinski definition) is 2. The van der Waals surface area contributed by atoms with Crippen LogP contribution in [0.1, 0.15) is 27.0 Å². The van der Waals surface area contributed by atoms with Crippen molar-refractivity contribution in [1.29, 1.82) is 0 Å². The number of carbonyl (C=O) groups excluding carboxylic acids is 1. The number of hydrogen-bond donors (Lipinski definition) is 1. The van der Waals surface area contributed by atoms with E-state index in [0.29, 0.717) is 0 Å². The van der Waals surface area contributed by atoms with Crippen molar-refractivity contribution in [3.8, 4) is 0 Å². The topological polar surface area (TPSA) is 32.3 Å². The molecule has 3 heteroatoms. The van der Waals surface area contributed by atoms with Crippen LogP contribution in [0.25, 0.3) is 0 Å². The van der Waals surface area contributed by atoms with Gasteiger partial charge in [-0.05, 0) is 41.3 Å². The van der Waals surface area contributed by atoms with Crippen molar-refractivity contribution in [2.24, 2.45) is 0 Å². The minimum atomic E-state index is 0.115. The van der Waals surface area contributed by atoms with Gasteiger partial charge in [0, 0.05) is 30.9 Å². The maximum atomic E-state index is 12.7. The van der Waals surface area contributed by atoms with Crippen molar-refractivity contribution in [1.82, 2.24) is 5.32 Å². The van der Waals surface area contributed by atoms with E-state index in [1.165, 1.54) is 16.7 Å². The van der Waals surface area contributed by atoms with Crippen molar-refractivity contribution >= 4 is 11.6 Å². The molecule has 0 aliphatic carbocycles. The average Bonchev–Trinajstić information content (AvgIpc) is 3.12. The Hall–Kier alpha value is -2.13. The van der Waals surface area contributed by atoms with Gasteiger partial charge in [0.15, 0.2) is 0 Å². The number of rotatable bonds is 1. The Morgan fingerprint density at radius 2 is 1.85 bits per heavy atom. The Labute approximate surface area is 118 Å². The molecule has 4 rings (SSSR count). The Bertz CT molecular complexity index is 693. The molecule has 1 amide bonds. The number of fused-ring (bicyclic) bond motifs is 2. The predicted octanol–water partition coefficient (Wildman–Crippen LogP) is 2.49. The third kappa shape index (κ3) is 1.74. The number of nitrogens with zero attached hydrogens (tertiary/aromatic N) is 1. The summed E-state index contributed by atoms with van der Waals surface area (Å²) in [7, 11) is 0. The monoisotopic (exact) mass is 264 g/mol. The van der Waals surface area contributed by atoms with E-state index in [2.05, 4.69) is 17.4 Å². The quantitative estimate of drug-likeness (QED) is 0.858. The van der Waals surface area contributed by atoms with E-state index in [-0.39, 0.29) is 5.91 Å². The van der Waals surface area contributed by atoms with Gasteiger partial charge in [-0.3, -0.25) is 4.79 Å². The zero-order valence-electron chi connectivity index (χ0n) is 11.2. The maximum Gasteiger partial charge on any atom is 0.258 e. The van der Waals surface area contributed by atoms with E-state index in [9.17, 15) is 4.79 Å². The second-order valence-electron chi connectivity index (χ2n) is 5.42. The molecule has 0 atom stereocenters. The molecule has 2 aliphatic heterocycles. The summed E-state index contributed by atoms with van der Waals surface area (Å²) in [5.74, 6) is 0.115. The number of carbonyl (C=O) groups is 1. The molecule has 2 aromatic rings. The van der Waals surface area contributed by atoms with Crippen LogP contribution in [0.5, 0.6) is 0 Å². The molecule has 0 spiro atoms. The molecule has 20 heavy (non-hydrogen) atoms. The summed E-state index contributed by atoms with van der Waals surface area (Å²) in [6.45, 7) is 2.57. The van der Waals surface area contributed by atoms with Gasteiger partial charge in [0.2, 0.25) is 0 Å². The van der Waals surface area contributed by atoms with Gasteiger partial charge in [0.05, 0.1) is 0 Å². The molecule has 3 nitrogen and oxygen atoms in total. The molecular formula is C17H16N2O. The fourth-order valence-corrected chi connectivity index (χ4v) is 3.13. The van der Waals surface area contributed by atoms with Crippen LogP contribution in [0.15, 0.2) is 42.5 Å². The summed E-state index contributed by atoms with van der Waals surface area (Å²) in [5, 5.41) is 3.31. The maximum absolute atomic E-state index is 12.7. The highest BCUT2D eigenvalue weighted by molar-refractivity contribution is 6.07. The molecule has 100 valence electrons. The molecule has 0 saturated carbocycles. The van der Waals surface area contributed by atoms with Crippen molar-refractivity contribution in [2.75, 3.05) is 11.4 Å². The number of nitrogens with one attached hydrogen (secondary N) is 1. The lowest BCUT2D eigenvalue weighted by Crippen LogP contribution is -2.28. The predicted molar refractivity (Wildman–Crippen MR) is 78.8 cm³/mol. The van der Waals surface area contributed by atoms with E-state index in [0.717, 1.165) is 37.3 Å². The minimum Gasteiger partial charge on any atom is -0.309 e. The van der Waals surface area contributed by atoms with Crippen LogP contribution >= 0.6 is 0 Å². The summed E-state index contributed by atoms with van der Waals surface area (Å²) >= 11 is 0. The molecule has 2 aliphatic rings. The van der Waals surface area contributed by atoms with Crippen LogP contribution < -0.4 is 10.2 Å². The number of amides is 1. The third-order valence-electron chi connectivity index (χ3n) is 4.22. The molecule has 2 heterocycles. The van der Waals surface area contributed by atoms with Gasteiger partial charge < -0.3 is 10.2 Å². The molecule has 0 aromatic heterocycles. The second kappa shape index (κ2) is 4.46. The lowest BCUT2D eigenvalue weighted by atomic mass is 10.1. The third-order valence-corrected chi connectivity index (χ3v) is 4.22. The molecule has 0 radical (unpaired) electrons. The molecule has 2 aromatic carbocycles. The summed E-state index contributed by atoms with van der Waals surface area (Å²) in [6.07, 6.45) is 0.953. The van der Waals surface area contributed by atoms with E-state index in [1.54, 1.807) is 0 Å². The zero-order valence-corrected chi connectivity index (χ0v) is 11.2. The molecule has 1 N–H and O–H groups in total. The van der Waals surface area contributed by atoms with E-state index >= 15 is 0 Å². The van der Waals surface area contributed by atoms with Crippen LogP contribution in [0.4, 0.5) is 5.69 Å². The fourth-order valence-electron chi connectivity index (χ4n) is 3.13. The fraction of sp³-hybridized carbons (Fsp3) is 0.235. The smallest absolute Gasteiger partial charge is 0.258 e. The summed E-state index contributed by atoms with van der Waals surface area (Å²) < 4.78 is 0. The summed E-state index contributed by atoms with van der Waals surface area (Å²) in [6, 6.07) is 14.2. The van der Waals surface area contributed by atoms with Gasteiger partial charge >= 0.3 is 0 Å². The van der Waals surface area contributed by atoms with Gasteiger partial charge in [0.25, 0.3) is 5.91 Å². The van der Waals surface area contributed by atoms with E-state index in [4.69, 9.17) is 0 Å². The van der Waals surface area contributed by atoms with Crippen LogP contribution in [0, 0.1) is 0 Å². The molecule has 0 saturated heterocycles. The molecule has 0 unspecified atom stereocenters. The van der Waals surface area contributed by atoms with Gasteiger partial charge in [0.1, 0.15) is 0 Å². The lowest BCUT2D eigenvalue weighted by molar-refractivity contribution is 0.0989. The zero-order chi connectivity index (χ0) is 13.5. The van der Waals surface area contributed by atoms with Crippen LogP contribution in [0.3, 0.4) is 0 Å². The van der Waals surface area contributed by atoms with Gasteiger partial charge in [-0.2, -0.15) is 0 Å². The average molecular weight is 264 g/mol. The van der Waals surface area contributed by atoms with Crippen molar-refractivity contribution < 1.29 is 4.79 Å². The second-order valence-corrected chi connectivity index (χ2v) is 5.42. The summed E-state index contributed by atoms with van der Waals surface area (Å²) in [4.78, 5) is 14.6. The van der Waals surface area contributed by atoms with Crippen molar-refractivity contribution in [3.05, 3.63) is 64.7 Å². The Balaban J connectivity index is 1.68. The van der Waals surface area contributed by atoms with Crippen LogP contribution in [0.2, 0.25) is 0 Å². The largest absolute Gasteiger partial charge is 0.309 e. The van der Waals surface area contributed by atoms with Crippen molar-refractivity contribution in [3.63, 3.8) is 0 Å². The number of anilines is 1. The molecule has 0 bridgehead atoms. The van der Waals surface area contributed by atoms with Gasteiger partial charge in [-0.25, -0.2) is 0 Å². The highest BCUT2D eigenvalue weighted by atomic mass is 16.2. The van der Waals surface area contributed by atoms with E-state index < -0.39 is 0 Å². The summed E-state index contributed by atoms with van der Waals surface area (Å²) in [5.41, 5.74) is 5.69. The number of benzene rings is 2. The van der Waals surface area contributed by atoms with Crippen LogP contribution in [-0.2, 0) is 19.5 Å². The SMILES string of the molecule is O=C(c1ccc2c(c1)CNC2)N1CCc2ccccc21. The first-order valence-electron chi connectivity index (χ1n) is 7.05. The van der Waals surface area contributed by atoms with E-state index in [1.807, 2.05) is 35.2 Å². The first-order chi connectivity index (χ1) is 9.83. The highest BCUT2D eigenvalue weighted by Crippen LogP contribution is 2.29. The standard InChI is InChI=1S/C17H16N2O/c20-17(13-5-6-14-10-18-11-15(14)9-13)19-8-7-12-3-1-2-4-16(12)19/h1-6,9,18H,7-8,10-11H2. The lowest BCUT2D eigenvalue weighted by Gasteiger charge is -2.17. The highest BCUT2D eigenvalue weighted by Gasteiger charge is 2.25. The first-order valence-corrected chi connectivity index (χ1v) is 7.05. The minimum absolute atomic E-state index is 0.115. The van der Waals surface area contributed by atoms with Gasteiger partial charge in [-0.15, -0.1) is 0 Å². The molecule has 0 fully saturated rings. The number of para-hydroxylation sites is 1. The Morgan fingerprint density at radius 1 is 1.00 bits per heavy atom.